The van der Waals surface area contributed by atoms with Gasteiger partial charge in [-0.15, -0.1) is 0 Å². The summed E-state index contributed by atoms with van der Waals surface area (Å²) in [5.74, 6) is 0.282. The molecule has 20 heavy (non-hydrogen) atoms. The second-order valence-corrected chi connectivity index (χ2v) is 8.02. The van der Waals surface area contributed by atoms with Crippen LogP contribution < -0.4 is 0 Å². The molecule has 0 saturated heterocycles. The van der Waals surface area contributed by atoms with Gasteiger partial charge >= 0.3 is 0 Å². The molecule has 0 fully saturated rings. The van der Waals surface area contributed by atoms with Crippen molar-refractivity contribution in [2.24, 2.45) is 5.41 Å². The minimum atomic E-state index is 0.0997. The summed E-state index contributed by atoms with van der Waals surface area (Å²) in [5, 5.41) is 0. The average Bonchev–Trinajstić information content (AvgIpc) is 2.32. The minimum Gasteiger partial charge on any atom is -0.294 e. The normalized spacial score (nSPS) is 12.5. The van der Waals surface area contributed by atoms with E-state index in [1.54, 1.807) is 0 Å². The van der Waals surface area contributed by atoms with Gasteiger partial charge in [-0.3, -0.25) is 4.79 Å². The Hall–Kier alpha value is -1.11. The number of hydrogen-bond acceptors (Lipinski definition) is 1. The van der Waals surface area contributed by atoms with E-state index in [4.69, 9.17) is 0 Å². The molecule has 0 saturated carbocycles. The van der Waals surface area contributed by atoms with E-state index in [1.165, 1.54) is 12.0 Å². The molecule has 1 aromatic carbocycles. The van der Waals surface area contributed by atoms with E-state index in [-0.39, 0.29) is 11.2 Å². The molecule has 1 rings (SSSR count). The Kier molecular flexibility index (Phi) is 5.56. The highest BCUT2D eigenvalue weighted by molar-refractivity contribution is 5.96. The van der Waals surface area contributed by atoms with Crippen LogP contribution in [-0.4, -0.2) is 5.78 Å². The predicted octanol–water partition coefficient (Wildman–Crippen LogP) is 5.77. The van der Waals surface area contributed by atoms with Gasteiger partial charge in [0.05, 0.1) is 0 Å². The summed E-state index contributed by atoms with van der Waals surface area (Å²) in [4.78, 5) is 12.2. The lowest BCUT2D eigenvalue weighted by atomic mass is 9.85. The summed E-state index contributed by atoms with van der Waals surface area (Å²) in [6.45, 7) is 13.3. The third-order valence-corrected chi connectivity index (χ3v) is 3.63. The first kappa shape index (κ1) is 16.9. The van der Waals surface area contributed by atoms with Crippen molar-refractivity contribution in [3.05, 3.63) is 35.4 Å². The molecule has 0 aliphatic heterocycles. The van der Waals surface area contributed by atoms with E-state index in [9.17, 15) is 4.79 Å². The number of unbranched alkanes of at least 4 members (excludes halogenated alkanes) is 1. The van der Waals surface area contributed by atoms with Gasteiger partial charge in [-0.25, -0.2) is 0 Å². The molecule has 0 aliphatic rings. The molecule has 0 aliphatic carbocycles. The number of hydrogen-bond donors (Lipinski definition) is 0. The molecule has 0 heterocycles. The van der Waals surface area contributed by atoms with Gasteiger partial charge in [-0.1, -0.05) is 66.2 Å². The van der Waals surface area contributed by atoms with Gasteiger partial charge in [0, 0.05) is 12.0 Å². The maximum absolute atomic E-state index is 12.2. The third kappa shape index (κ3) is 5.90. The van der Waals surface area contributed by atoms with Crippen LogP contribution in [0.3, 0.4) is 0 Å². The second-order valence-electron chi connectivity index (χ2n) is 8.02. The standard InChI is InChI=1S/C19H30O/c1-18(2,3)13-8-7-12-17(20)15-10-9-11-16(14-15)19(4,5)6/h9-11,14H,7-8,12-13H2,1-6H3. The quantitative estimate of drug-likeness (QED) is 0.492. The number of carbonyl (C=O) groups is 1. The van der Waals surface area contributed by atoms with Crippen LogP contribution in [0.5, 0.6) is 0 Å². The predicted molar refractivity (Wildman–Crippen MR) is 87.4 cm³/mol. The lowest BCUT2D eigenvalue weighted by Gasteiger charge is -2.19. The van der Waals surface area contributed by atoms with E-state index in [0.717, 1.165) is 18.4 Å². The van der Waals surface area contributed by atoms with Crippen LogP contribution in [0.4, 0.5) is 0 Å². The minimum absolute atomic E-state index is 0.0997. The zero-order chi connectivity index (χ0) is 15.4. The highest BCUT2D eigenvalue weighted by Gasteiger charge is 2.16. The molecule has 1 heteroatoms. The first-order chi connectivity index (χ1) is 9.09. The molecule has 0 N–H and O–H groups in total. The molecule has 0 atom stereocenters. The van der Waals surface area contributed by atoms with Crippen molar-refractivity contribution >= 4 is 5.78 Å². The summed E-state index contributed by atoms with van der Waals surface area (Å²) in [7, 11) is 0. The van der Waals surface area contributed by atoms with Crippen LogP contribution >= 0.6 is 0 Å². The Morgan fingerprint density at radius 1 is 1.00 bits per heavy atom. The van der Waals surface area contributed by atoms with Gasteiger partial charge < -0.3 is 0 Å². The van der Waals surface area contributed by atoms with Crippen molar-refractivity contribution in [3.8, 4) is 0 Å². The lowest BCUT2D eigenvalue weighted by molar-refractivity contribution is 0.0977. The average molecular weight is 274 g/mol. The number of benzene rings is 1. The zero-order valence-corrected chi connectivity index (χ0v) is 14.0. The second kappa shape index (κ2) is 6.56. The Morgan fingerprint density at radius 2 is 1.65 bits per heavy atom. The Morgan fingerprint density at radius 3 is 2.20 bits per heavy atom. The molecular weight excluding hydrogens is 244 g/mol. The molecule has 0 aromatic heterocycles. The fourth-order valence-electron chi connectivity index (χ4n) is 2.24. The maximum atomic E-state index is 12.2. The molecular formula is C19H30O. The Bertz CT molecular complexity index is 444. The van der Waals surface area contributed by atoms with Crippen molar-refractivity contribution in [1.82, 2.24) is 0 Å². The number of carbonyl (C=O) groups excluding carboxylic acids is 1. The number of rotatable bonds is 5. The van der Waals surface area contributed by atoms with Gasteiger partial charge in [-0.2, -0.15) is 0 Å². The maximum Gasteiger partial charge on any atom is 0.162 e. The van der Waals surface area contributed by atoms with Crippen LogP contribution in [0.15, 0.2) is 24.3 Å². The van der Waals surface area contributed by atoms with Gasteiger partial charge in [0.25, 0.3) is 0 Å². The molecule has 1 aromatic rings. The summed E-state index contributed by atoms with van der Waals surface area (Å²) in [5.41, 5.74) is 2.57. The van der Waals surface area contributed by atoms with Crippen molar-refractivity contribution in [3.63, 3.8) is 0 Å². The summed E-state index contributed by atoms with van der Waals surface area (Å²) >= 11 is 0. The first-order valence-electron chi connectivity index (χ1n) is 7.73. The topological polar surface area (TPSA) is 17.1 Å². The summed E-state index contributed by atoms with van der Waals surface area (Å²) in [6.07, 6.45) is 3.98. The van der Waals surface area contributed by atoms with Crippen LogP contribution in [0, 0.1) is 5.41 Å². The molecule has 1 nitrogen and oxygen atoms in total. The highest BCUT2D eigenvalue weighted by Crippen LogP contribution is 2.24. The molecule has 112 valence electrons. The van der Waals surface area contributed by atoms with Gasteiger partial charge in [0.15, 0.2) is 5.78 Å². The van der Waals surface area contributed by atoms with Crippen molar-refractivity contribution < 1.29 is 4.79 Å². The molecule has 0 radical (unpaired) electrons. The van der Waals surface area contributed by atoms with Gasteiger partial charge in [0.2, 0.25) is 0 Å². The Balaban J connectivity index is 2.56. The van der Waals surface area contributed by atoms with E-state index >= 15 is 0 Å². The fraction of sp³-hybridized carbons (Fsp3) is 0.632. The number of ketones is 1. The van der Waals surface area contributed by atoms with Crippen LogP contribution in [0.2, 0.25) is 0 Å². The number of Topliss-reactive ketones (excluding diaryl/α,β-unsaturated/α-hetero) is 1. The SMILES string of the molecule is CC(C)(C)CCCCC(=O)c1cccc(C(C)(C)C)c1. The van der Waals surface area contributed by atoms with E-state index in [1.807, 2.05) is 12.1 Å². The smallest absolute Gasteiger partial charge is 0.162 e. The van der Waals surface area contributed by atoms with Crippen molar-refractivity contribution in [1.29, 1.82) is 0 Å². The lowest BCUT2D eigenvalue weighted by Crippen LogP contribution is -2.12. The molecule has 0 spiro atoms. The monoisotopic (exact) mass is 274 g/mol. The van der Waals surface area contributed by atoms with Gasteiger partial charge in [0.1, 0.15) is 0 Å². The van der Waals surface area contributed by atoms with Gasteiger partial charge in [-0.05, 0) is 35.3 Å². The third-order valence-electron chi connectivity index (χ3n) is 3.63. The van der Waals surface area contributed by atoms with Crippen LogP contribution in [0.1, 0.15) is 83.1 Å². The first-order valence-corrected chi connectivity index (χ1v) is 7.73. The van der Waals surface area contributed by atoms with E-state index in [2.05, 4.69) is 53.7 Å². The molecule has 0 amide bonds. The van der Waals surface area contributed by atoms with Crippen LogP contribution in [-0.2, 0) is 5.41 Å². The summed E-state index contributed by atoms with van der Waals surface area (Å²) < 4.78 is 0. The van der Waals surface area contributed by atoms with Crippen molar-refractivity contribution in [2.75, 3.05) is 0 Å². The molecule has 0 unspecified atom stereocenters. The summed E-state index contributed by atoms with van der Waals surface area (Å²) in [6, 6.07) is 8.12. The fourth-order valence-corrected chi connectivity index (χ4v) is 2.24. The van der Waals surface area contributed by atoms with E-state index in [0.29, 0.717) is 11.8 Å². The van der Waals surface area contributed by atoms with Crippen molar-refractivity contribution in [2.45, 2.75) is 72.6 Å². The largest absolute Gasteiger partial charge is 0.294 e. The zero-order valence-electron chi connectivity index (χ0n) is 14.0. The highest BCUT2D eigenvalue weighted by atomic mass is 16.1. The van der Waals surface area contributed by atoms with E-state index < -0.39 is 0 Å². The Labute approximate surface area is 124 Å². The molecule has 0 bridgehead atoms. The van der Waals surface area contributed by atoms with Crippen LogP contribution in [0.25, 0.3) is 0 Å².